The number of imide groups is 1. The Bertz CT molecular complexity index is 636. The summed E-state index contributed by atoms with van der Waals surface area (Å²) in [4.78, 5) is 30.1. The third kappa shape index (κ3) is 3.24. The van der Waals surface area contributed by atoms with Crippen LogP contribution in [0.15, 0.2) is 36.0 Å². The first-order chi connectivity index (χ1) is 11.1. The van der Waals surface area contributed by atoms with Crippen molar-refractivity contribution in [3.05, 3.63) is 41.1 Å². The highest BCUT2D eigenvalue weighted by atomic mass is 35.5. The maximum Gasteiger partial charge on any atom is 0.281 e. The Kier molecular flexibility index (Phi) is 4.66. The Balaban J connectivity index is 1.71. The SMILES string of the molecule is O=C1C=C(N2CCN(CCO)CC2)C(=O)N1c1ccc(Cl)cc1. The van der Waals surface area contributed by atoms with Gasteiger partial charge < -0.3 is 10.0 Å². The smallest absolute Gasteiger partial charge is 0.281 e. The second-order valence-electron chi connectivity index (χ2n) is 5.54. The summed E-state index contributed by atoms with van der Waals surface area (Å²) < 4.78 is 0. The minimum atomic E-state index is -0.329. The van der Waals surface area contributed by atoms with E-state index in [-0.39, 0.29) is 18.4 Å². The van der Waals surface area contributed by atoms with Crippen molar-refractivity contribution in [2.75, 3.05) is 44.2 Å². The number of piperazine rings is 1. The Morgan fingerprint density at radius 2 is 1.70 bits per heavy atom. The van der Waals surface area contributed by atoms with Gasteiger partial charge >= 0.3 is 0 Å². The number of carbonyl (C=O) groups excluding carboxylic acids is 2. The van der Waals surface area contributed by atoms with Crippen molar-refractivity contribution in [3.63, 3.8) is 0 Å². The molecule has 0 spiro atoms. The first-order valence-electron chi connectivity index (χ1n) is 7.54. The van der Waals surface area contributed by atoms with E-state index >= 15 is 0 Å². The van der Waals surface area contributed by atoms with Crippen molar-refractivity contribution in [2.24, 2.45) is 0 Å². The molecule has 1 aromatic carbocycles. The van der Waals surface area contributed by atoms with E-state index in [1.54, 1.807) is 24.3 Å². The highest BCUT2D eigenvalue weighted by Crippen LogP contribution is 2.26. The average Bonchev–Trinajstić information content (AvgIpc) is 2.84. The summed E-state index contributed by atoms with van der Waals surface area (Å²) in [5, 5.41) is 9.53. The number of β-amino-alcohol motifs (C(OH)–C–C–N with tert-alkyl or cyclic N) is 1. The quantitative estimate of drug-likeness (QED) is 0.821. The monoisotopic (exact) mass is 335 g/mol. The molecule has 23 heavy (non-hydrogen) atoms. The lowest BCUT2D eigenvalue weighted by molar-refractivity contribution is -0.121. The van der Waals surface area contributed by atoms with Crippen LogP contribution >= 0.6 is 11.6 Å². The highest BCUT2D eigenvalue weighted by Gasteiger charge is 2.36. The standard InChI is InChI=1S/C16H18ClN3O3/c17-12-1-3-13(4-2-12)20-15(22)11-14(16(20)23)19-7-5-18(6-8-19)9-10-21/h1-4,11,21H,5-10H2. The molecule has 3 rings (SSSR count). The summed E-state index contributed by atoms with van der Waals surface area (Å²) in [7, 11) is 0. The number of aliphatic hydroxyl groups is 1. The van der Waals surface area contributed by atoms with E-state index in [4.69, 9.17) is 16.7 Å². The molecular formula is C16H18ClN3O3. The predicted molar refractivity (Wildman–Crippen MR) is 87.1 cm³/mol. The van der Waals surface area contributed by atoms with Crippen molar-refractivity contribution in [1.29, 1.82) is 0 Å². The van der Waals surface area contributed by atoms with Crippen LogP contribution in [0.4, 0.5) is 5.69 Å². The van der Waals surface area contributed by atoms with Crippen LogP contribution in [0.1, 0.15) is 0 Å². The van der Waals surface area contributed by atoms with Crippen LogP contribution < -0.4 is 4.90 Å². The fourth-order valence-corrected chi connectivity index (χ4v) is 3.00. The number of nitrogens with zero attached hydrogens (tertiary/aromatic N) is 3. The number of hydrogen-bond acceptors (Lipinski definition) is 5. The Hall–Kier alpha value is -1.89. The molecule has 122 valence electrons. The van der Waals surface area contributed by atoms with Crippen LogP contribution in [0, 0.1) is 0 Å². The number of amides is 2. The molecule has 1 N–H and O–H groups in total. The van der Waals surface area contributed by atoms with Crippen molar-refractivity contribution in [2.45, 2.75) is 0 Å². The fraction of sp³-hybridized carbons (Fsp3) is 0.375. The Labute approximate surface area is 139 Å². The average molecular weight is 336 g/mol. The van der Waals surface area contributed by atoms with Gasteiger partial charge in [0.2, 0.25) is 0 Å². The van der Waals surface area contributed by atoms with Crippen LogP contribution in [-0.2, 0) is 9.59 Å². The van der Waals surface area contributed by atoms with Gasteiger partial charge in [-0.15, -0.1) is 0 Å². The number of benzene rings is 1. The maximum atomic E-state index is 12.6. The van der Waals surface area contributed by atoms with Gasteiger partial charge in [0.15, 0.2) is 0 Å². The number of halogens is 1. The van der Waals surface area contributed by atoms with Gasteiger partial charge in [-0.1, -0.05) is 11.6 Å². The Morgan fingerprint density at radius 1 is 1.04 bits per heavy atom. The van der Waals surface area contributed by atoms with Gasteiger partial charge in [0.05, 0.1) is 12.3 Å². The van der Waals surface area contributed by atoms with Gasteiger partial charge in [0, 0.05) is 43.8 Å². The van der Waals surface area contributed by atoms with Crippen molar-refractivity contribution < 1.29 is 14.7 Å². The first-order valence-corrected chi connectivity index (χ1v) is 7.92. The molecule has 0 atom stereocenters. The molecule has 0 unspecified atom stereocenters. The molecule has 0 radical (unpaired) electrons. The van der Waals surface area contributed by atoms with Crippen LogP contribution in [0.5, 0.6) is 0 Å². The molecule has 2 aliphatic heterocycles. The van der Waals surface area contributed by atoms with E-state index in [2.05, 4.69) is 4.90 Å². The number of carbonyl (C=O) groups is 2. The minimum Gasteiger partial charge on any atom is -0.395 e. The molecule has 6 nitrogen and oxygen atoms in total. The van der Waals surface area contributed by atoms with Gasteiger partial charge in [-0.3, -0.25) is 14.5 Å². The Morgan fingerprint density at radius 3 is 2.30 bits per heavy atom. The maximum absolute atomic E-state index is 12.6. The molecule has 0 aromatic heterocycles. The van der Waals surface area contributed by atoms with Crippen LogP contribution in [0.3, 0.4) is 0 Å². The summed E-state index contributed by atoms with van der Waals surface area (Å²) in [6, 6.07) is 6.63. The molecule has 2 heterocycles. The summed E-state index contributed by atoms with van der Waals surface area (Å²) in [5.41, 5.74) is 0.961. The molecule has 2 aliphatic rings. The number of hydrogen-bond donors (Lipinski definition) is 1. The van der Waals surface area contributed by atoms with Crippen molar-refractivity contribution in [1.82, 2.24) is 9.80 Å². The lowest BCUT2D eigenvalue weighted by Crippen LogP contribution is -2.48. The summed E-state index contributed by atoms with van der Waals surface area (Å²) >= 11 is 5.85. The summed E-state index contributed by atoms with van der Waals surface area (Å²) in [5.74, 6) is -0.627. The predicted octanol–water partition coefficient (Wildman–Crippen LogP) is 0.707. The second-order valence-corrected chi connectivity index (χ2v) is 5.97. The molecule has 7 heteroatoms. The number of rotatable bonds is 4. The highest BCUT2D eigenvalue weighted by molar-refractivity contribution is 6.32. The molecular weight excluding hydrogens is 318 g/mol. The van der Waals surface area contributed by atoms with Gasteiger partial charge in [-0.05, 0) is 24.3 Å². The zero-order chi connectivity index (χ0) is 16.4. The van der Waals surface area contributed by atoms with E-state index in [0.717, 1.165) is 13.1 Å². The van der Waals surface area contributed by atoms with E-state index in [9.17, 15) is 9.59 Å². The largest absolute Gasteiger partial charge is 0.395 e. The molecule has 0 saturated carbocycles. The molecule has 1 fully saturated rings. The third-order valence-electron chi connectivity index (χ3n) is 4.12. The van der Waals surface area contributed by atoms with Gasteiger partial charge in [0.25, 0.3) is 11.8 Å². The van der Waals surface area contributed by atoms with E-state index in [1.807, 2.05) is 4.90 Å². The lowest BCUT2D eigenvalue weighted by atomic mass is 10.2. The molecule has 1 aromatic rings. The van der Waals surface area contributed by atoms with E-state index < -0.39 is 0 Å². The second kappa shape index (κ2) is 6.70. The zero-order valence-electron chi connectivity index (χ0n) is 12.6. The fourth-order valence-electron chi connectivity index (χ4n) is 2.87. The molecule has 0 aliphatic carbocycles. The lowest BCUT2D eigenvalue weighted by Gasteiger charge is -2.35. The molecule has 0 bridgehead atoms. The number of anilines is 1. The van der Waals surface area contributed by atoms with E-state index in [0.29, 0.717) is 36.0 Å². The van der Waals surface area contributed by atoms with Crippen molar-refractivity contribution >= 4 is 29.1 Å². The normalized spacial score (nSPS) is 19.5. The van der Waals surface area contributed by atoms with Gasteiger partial charge in [0.1, 0.15) is 5.70 Å². The molecule has 2 amide bonds. The number of aliphatic hydroxyl groups excluding tert-OH is 1. The third-order valence-corrected chi connectivity index (χ3v) is 4.37. The summed E-state index contributed by atoms with van der Waals surface area (Å²) in [6.07, 6.45) is 1.40. The van der Waals surface area contributed by atoms with Crippen LogP contribution in [0.2, 0.25) is 5.02 Å². The van der Waals surface area contributed by atoms with Crippen LogP contribution in [0.25, 0.3) is 0 Å². The van der Waals surface area contributed by atoms with Crippen molar-refractivity contribution in [3.8, 4) is 0 Å². The van der Waals surface area contributed by atoms with Gasteiger partial charge in [-0.2, -0.15) is 0 Å². The first kappa shape index (κ1) is 16.0. The van der Waals surface area contributed by atoms with Gasteiger partial charge in [-0.25, -0.2) is 4.90 Å². The summed E-state index contributed by atoms with van der Waals surface area (Å²) in [6.45, 7) is 3.63. The topological polar surface area (TPSA) is 64.1 Å². The minimum absolute atomic E-state index is 0.129. The zero-order valence-corrected chi connectivity index (χ0v) is 13.4. The van der Waals surface area contributed by atoms with Crippen LogP contribution in [-0.4, -0.2) is 66.1 Å². The molecule has 1 saturated heterocycles. The van der Waals surface area contributed by atoms with E-state index in [1.165, 1.54) is 11.0 Å².